The van der Waals surface area contributed by atoms with Gasteiger partial charge in [0.2, 0.25) is 0 Å². The molecule has 0 spiro atoms. The average molecular weight is 177 g/mol. The van der Waals surface area contributed by atoms with Crippen LogP contribution in [0.25, 0.3) is 0 Å². The SMILES string of the molecule is CC1(CS(C)(=O)=O)CCNC1. The molecule has 1 saturated heterocycles. The van der Waals surface area contributed by atoms with E-state index in [0.717, 1.165) is 19.5 Å². The summed E-state index contributed by atoms with van der Waals surface area (Å²) in [5, 5.41) is 3.17. The zero-order valence-electron chi connectivity index (χ0n) is 7.05. The predicted octanol–water partition coefficient (Wildman–Crippen LogP) is 0.0306. The van der Waals surface area contributed by atoms with Gasteiger partial charge in [0.25, 0.3) is 0 Å². The molecule has 0 bridgehead atoms. The highest BCUT2D eigenvalue weighted by molar-refractivity contribution is 7.90. The van der Waals surface area contributed by atoms with E-state index in [9.17, 15) is 8.42 Å². The van der Waals surface area contributed by atoms with Crippen LogP contribution in [0.5, 0.6) is 0 Å². The molecule has 1 aliphatic heterocycles. The van der Waals surface area contributed by atoms with E-state index in [2.05, 4.69) is 5.32 Å². The second-order valence-electron chi connectivity index (χ2n) is 3.81. The Balaban J connectivity index is 2.60. The van der Waals surface area contributed by atoms with Crippen molar-refractivity contribution in [1.82, 2.24) is 5.32 Å². The molecule has 1 N–H and O–H groups in total. The van der Waals surface area contributed by atoms with E-state index < -0.39 is 9.84 Å². The van der Waals surface area contributed by atoms with E-state index in [-0.39, 0.29) is 5.41 Å². The number of hydrogen-bond donors (Lipinski definition) is 1. The molecule has 1 aliphatic rings. The van der Waals surface area contributed by atoms with Crippen molar-refractivity contribution < 1.29 is 8.42 Å². The first-order valence-electron chi connectivity index (χ1n) is 3.80. The molecule has 0 radical (unpaired) electrons. The summed E-state index contributed by atoms with van der Waals surface area (Å²) in [7, 11) is -2.81. The summed E-state index contributed by atoms with van der Waals surface area (Å²) < 4.78 is 21.9. The van der Waals surface area contributed by atoms with Crippen molar-refractivity contribution in [2.45, 2.75) is 13.3 Å². The van der Waals surface area contributed by atoms with Crippen LogP contribution < -0.4 is 5.32 Å². The molecule has 0 amide bonds. The summed E-state index contributed by atoms with van der Waals surface area (Å²) >= 11 is 0. The van der Waals surface area contributed by atoms with Crippen LogP contribution in [-0.4, -0.2) is 33.5 Å². The van der Waals surface area contributed by atoms with Gasteiger partial charge in [-0.15, -0.1) is 0 Å². The Bertz CT molecular complexity index is 227. The normalized spacial score (nSPS) is 32.5. The van der Waals surface area contributed by atoms with E-state index in [1.165, 1.54) is 6.26 Å². The molecule has 1 heterocycles. The quantitative estimate of drug-likeness (QED) is 0.647. The van der Waals surface area contributed by atoms with Crippen LogP contribution in [0.3, 0.4) is 0 Å². The van der Waals surface area contributed by atoms with Crippen LogP contribution in [0.1, 0.15) is 13.3 Å². The summed E-state index contributed by atoms with van der Waals surface area (Å²) in [6.45, 7) is 3.81. The summed E-state index contributed by atoms with van der Waals surface area (Å²) in [4.78, 5) is 0. The Morgan fingerprint density at radius 2 is 2.18 bits per heavy atom. The van der Waals surface area contributed by atoms with Gasteiger partial charge < -0.3 is 5.32 Å². The lowest BCUT2D eigenvalue weighted by molar-refractivity contribution is 0.412. The Kier molecular flexibility index (Phi) is 2.25. The van der Waals surface area contributed by atoms with Crippen LogP contribution in [0.15, 0.2) is 0 Å². The standard InChI is InChI=1S/C7H15NO2S/c1-7(3-4-8-5-7)6-11(2,9)10/h8H,3-6H2,1-2H3. The molecule has 0 saturated carbocycles. The lowest BCUT2D eigenvalue weighted by Gasteiger charge is -2.20. The lowest BCUT2D eigenvalue weighted by Crippen LogP contribution is -2.28. The summed E-state index contributed by atoms with van der Waals surface area (Å²) in [6.07, 6.45) is 2.27. The van der Waals surface area contributed by atoms with Gasteiger partial charge in [-0.25, -0.2) is 8.42 Å². The Morgan fingerprint density at radius 3 is 2.55 bits per heavy atom. The second-order valence-corrected chi connectivity index (χ2v) is 5.95. The molecular formula is C7H15NO2S. The fourth-order valence-electron chi connectivity index (χ4n) is 1.62. The summed E-state index contributed by atoms with van der Waals surface area (Å²) in [6, 6.07) is 0. The highest BCUT2D eigenvalue weighted by Gasteiger charge is 2.31. The molecule has 0 aromatic rings. The third kappa shape index (κ3) is 2.79. The van der Waals surface area contributed by atoms with Gasteiger partial charge in [0.15, 0.2) is 0 Å². The van der Waals surface area contributed by atoms with Crippen molar-refractivity contribution in [3.05, 3.63) is 0 Å². The first kappa shape index (κ1) is 9.00. The third-order valence-corrected chi connectivity index (χ3v) is 3.29. The van der Waals surface area contributed by atoms with Crippen molar-refractivity contribution in [3.8, 4) is 0 Å². The molecule has 0 aromatic heterocycles. The average Bonchev–Trinajstić information content (AvgIpc) is 2.09. The Hall–Kier alpha value is -0.0900. The minimum absolute atomic E-state index is 0.0203. The van der Waals surface area contributed by atoms with Crippen LogP contribution in [0, 0.1) is 5.41 Å². The first-order chi connectivity index (χ1) is 4.91. The number of rotatable bonds is 2. The van der Waals surface area contributed by atoms with Crippen molar-refractivity contribution in [2.24, 2.45) is 5.41 Å². The zero-order valence-corrected chi connectivity index (χ0v) is 7.87. The third-order valence-electron chi connectivity index (χ3n) is 2.07. The maximum atomic E-state index is 11.0. The van der Waals surface area contributed by atoms with E-state index in [1.54, 1.807) is 0 Å². The van der Waals surface area contributed by atoms with E-state index in [4.69, 9.17) is 0 Å². The van der Waals surface area contributed by atoms with Gasteiger partial charge in [-0.2, -0.15) is 0 Å². The lowest BCUT2D eigenvalue weighted by atomic mass is 9.93. The minimum Gasteiger partial charge on any atom is -0.316 e. The van der Waals surface area contributed by atoms with Crippen LogP contribution in [-0.2, 0) is 9.84 Å². The molecular weight excluding hydrogens is 162 g/mol. The van der Waals surface area contributed by atoms with Gasteiger partial charge in [-0.1, -0.05) is 6.92 Å². The maximum Gasteiger partial charge on any atom is 0.148 e. The van der Waals surface area contributed by atoms with Crippen LogP contribution >= 0.6 is 0 Å². The van der Waals surface area contributed by atoms with Crippen molar-refractivity contribution in [1.29, 1.82) is 0 Å². The van der Waals surface area contributed by atoms with Crippen LogP contribution in [0.4, 0.5) is 0 Å². The molecule has 1 fully saturated rings. The second kappa shape index (κ2) is 2.75. The minimum atomic E-state index is -2.81. The molecule has 1 unspecified atom stereocenters. The van der Waals surface area contributed by atoms with Gasteiger partial charge in [0.05, 0.1) is 5.75 Å². The Morgan fingerprint density at radius 1 is 1.55 bits per heavy atom. The van der Waals surface area contributed by atoms with Gasteiger partial charge in [-0.05, 0) is 18.4 Å². The van der Waals surface area contributed by atoms with Crippen molar-refractivity contribution in [2.75, 3.05) is 25.1 Å². The number of nitrogens with one attached hydrogen (secondary N) is 1. The molecule has 4 heteroatoms. The van der Waals surface area contributed by atoms with Crippen molar-refractivity contribution >= 4 is 9.84 Å². The Labute approximate surface area is 68.1 Å². The zero-order chi connectivity index (χ0) is 8.54. The van der Waals surface area contributed by atoms with E-state index in [1.807, 2.05) is 6.92 Å². The highest BCUT2D eigenvalue weighted by Crippen LogP contribution is 2.25. The van der Waals surface area contributed by atoms with E-state index >= 15 is 0 Å². The molecule has 1 atom stereocenters. The summed E-state index contributed by atoms with van der Waals surface area (Å²) in [5.74, 6) is 0.312. The van der Waals surface area contributed by atoms with Gasteiger partial charge in [0, 0.05) is 12.8 Å². The van der Waals surface area contributed by atoms with Crippen LogP contribution in [0.2, 0.25) is 0 Å². The summed E-state index contributed by atoms with van der Waals surface area (Å²) in [5.41, 5.74) is -0.0203. The molecule has 0 aliphatic carbocycles. The van der Waals surface area contributed by atoms with Gasteiger partial charge >= 0.3 is 0 Å². The molecule has 0 aromatic carbocycles. The number of sulfone groups is 1. The maximum absolute atomic E-state index is 11.0. The molecule has 11 heavy (non-hydrogen) atoms. The smallest absolute Gasteiger partial charge is 0.148 e. The molecule has 66 valence electrons. The predicted molar refractivity (Wildman–Crippen MR) is 45.3 cm³/mol. The molecule has 1 rings (SSSR count). The largest absolute Gasteiger partial charge is 0.316 e. The van der Waals surface area contributed by atoms with Gasteiger partial charge in [0.1, 0.15) is 9.84 Å². The topological polar surface area (TPSA) is 46.2 Å². The fraction of sp³-hybridized carbons (Fsp3) is 1.00. The van der Waals surface area contributed by atoms with Gasteiger partial charge in [-0.3, -0.25) is 0 Å². The van der Waals surface area contributed by atoms with Crippen molar-refractivity contribution in [3.63, 3.8) is 0 Å². The first-order valence-corrected chi connectivity index (χ1v) is 5.86. The fourth-order valence-corrected chi connectivity index (χ4v) is 3.14. The monoisotopic (exact) mass is 177 g/mol. The van der Waals surface area contributed by atoms with E-state index in [0.29, 0.717) is 5.75 Å². The molecule has 3 nitrogen and oxygen atoms in total. The highest BCUT2D eigenvalue weighted by atomic mass is 32.2. The number of hydrogen-bond acceptors (Lipinski definition) is 3.